The van der Waals surface area contributed by atoms with Gasteiger partial charge in [-0.3, -0.25) is 9.55 Å². The molecule has 0 spiro atoms. The van der Waals surface area contributed by atoms with Crippen molar-refractivity contribution in [3.05, 3.63) is 40.0 Å². The number of rotatable bonds is 2. The van der Waals surface area contributed by atoms with Gasteiger partial charge in [0.15, 0.2) is 0 Å². The third-order valence-corrected chi connectivity index (χ3v) is 1.46. The van der Waals surface area contributed by atoms with Gasteiger partial charge in [-0.15, -0.1) is 6.58 Å². The number of hydrogen-bond donors (Lipinski definition) is 1. The molecule has 0 aromatic carbocycles. The fourth-order valence-corrected chi connectivity index (χ4v) is 0.875. The highest BCUT2D eigenvalue weighted by Crippen LogP contribution is 1.82. The van der Waals surface area contributed by atoms with Crippen molar-refractivity contribution in [1.82, 2.24) is 9.55 Å². The Hall–Kier alpha value is -1.16. The zero-order valence-electron chi connectivity index (χ0n) is 5.91. The number of nitrogens with one attached hydrogen (secondary N) is 1. The number of H-pyrrole nitrogens is 1. The van der Waals surface area contributed by atoms with Gasteiger partial charge >= 0.3 is 5.69 Å². The summed E-state index contributed by atoms with van der Waals surface area (Å²) in [5.41, 5.74) is -0.197. The first-order valence-electron chi connectivity index (χ1n) is 3.14. The minimum atomic E-state index is -0.197. The van der Waals surface area contributed by atoms with E-state index in [0.717, 1.165) is 0 Å². The van der Waals surface area contributed by atoms with Crippen LogP contribution < -0.4 is 5.69 Å². The van der Waals surface area contributed by atoms with Gasteiger partial charge in [-0.2, -0.15) is 0 Å². The summed E-state index contributed by atoms with van der Waals surface area (Å²) in [5.74, 6) is 0. The molecule has 0 saturated heterocycles. The molecule has 1 N–H and O–H groups in total. The topological polar surface area (TPSA) is 37.8 Å². The van der Waals surface area contributed by atoms with Crippen molar-refractivity contribution in [2.45, 2.75) is 6.54 Å². The number of hydrogen-bond acceptors (Lipinski definition) is 2. The minimum Gasteiger partial charge on any atom is -0.298 e. The maximum Gasteiger partial charge on any atom is 0.326 e. The smallest absolute Gasteiger partial charge is 0.298 e. The average molecular weight is 168 g/mol. The van der Waals surface area contributed by atoms with Crippen molar-refractivity contribution in [2.75, 3.05) is 0 Å². The van der Waals surface area contributed by atoms with E-state index in [-0.39, 0.29) is 5.69 Å². The lowest BCUT2D eigenvalue weighted by Crippen LogP contribution is -2.21. The van der Waals surface area contributed by atoms with Gasteiger partial charge in [-0.05, 0) is 6.07 Å². The zero-order chi connectivity index (χ0) is 8.27. The third kappa shape index (κ3) is 1.88. The van der Waals surface area contributed by atoms with Crippen LogP contribution in [0.15, 0.2) is 29.7 Å². The highest BCUT2D eigenvalue weighted by molar-refractivity contribution is 7.71. The van der Waals surface area contributed by atoms with Gasteiger partial charge in [0.05, 0.1) is 0 Å². The van der Waals surface area contributed by atoms with E-state index in [9.17, 15) is 4.79 Å². The molecule has 0 amide bonds. The standard InChI is InChI=1S/C7H8N2OS/c1-2-4-9-5-3-6(11)8-7(9)10/h2-3,5H,1,4H2,(H,8,10,11). The molecular formula is C7H8N2OS. The molecule has 0 radical (unpaired) electrons. The summed E-state index contributed by atoms with van der Waals surface area (Å²) >= 11 is 4.75. The van der Waals surface area contributed by atoms with Crippen LogP contribution in [-0.4, -0.2) is 9.55 Å². The van der Waals surface area contributed by atoms with Crippen molar-refractivity contribution < 1.29 is 0 Å². The number of nitrogens with zero attached hydrogens (tertiary/aromatic N) is 1. The van der Waals surface area contributed by atoms with Crippen LogP contribution in [0.1, 0.15) is 0 Å². The Morgan fingerprint density at radius 2 is 2.55 bits per heavy atom. The summed E-state index contributed by atoms with van der Waals surface area (Å²) in [6, 6.07) is 1.67. The average Bonchev–Trinajstić information content (AvgIpc) is 1.95. The molecule has 3 nitrogen and oxygen atoms in total. The van der Waals surface area contributed by atoms with Crippen molar-refractivity contribution >= 4 is 12.2 Å². The van der Waals surface area contributed by atoms with E-state index in [2.05, 4.69) is 11.6 Å². The van der Waals surface area contributed by atoms with Crippen LogP contribution in [0.2, 0.25) is 0 Å². The second kappa shape index (κ2) is 3.30. The first kappa shape index (κ1) is 7.94. The summed E-state index contributed by atoms with van der Waals surface area (Å²) in [5, 5.41) is 0. The summed E-state index contributed by atoms with van der Waals surface area (Å²) in [6.45, 7) is 4.02. The SMILES string of the molecule is C=CCn1ccc(=S)[nH]c1=O. The fraction of sp³-hybridized carbons (Fsp3) is 0.143. The van der Waals surface area contributed by atoms with Crippen molar-refractivity contribution in [1.29, 1.82) is 0 Å². The molecule has 11 heavy (non-hydrogen) atoms. The molecule has 0 aliphatic rings. The Balaban J connectivity index is 3.19. The molecule has 0 unspecified atom stereocenters. The molecule has 0 saturated carbocycles. The van der Waals surface area contributed by atoms with Crippen LogP contribution in [0.4, 0.5) is 0 Å². The van der Waals surface area contributed by atoms with Crippen LogP contribution in [0.25, 0.3) is 0 Å². The predicted octanol–water partition coefficient (Wildman–Crippen LogP) is 1.09. The van der Waals surface area contributed by atoms with Gasteiger partial charge in [0, 0.05) is 12.7 Å². The molecule has 1 rings (SSSR count). The highest BCUT2D eigenvalue weighted by Gasteiger charge is 1.89. The van der Waals surface area contributed by atoms with E-state index in [1.54, 1.807) is 18.3 Å². The Morgan fingerprint density at radius 1 is 1.82 bits per heavy atom. The van der Waals surface area contributed by atoms with E-state index in [1.165, 1.54) is 4.57 Å². The Labute approximate surface area is 69.0 Å². The van der Waals surface area contributed by atoms with Gasteiger partial charge < -0.3 is 0 Å². The molecule has 0 fully saturated rings. The molecule has 0 aliphatic carbocycles. The molecule has 58 valence electrons. The minimum absolute atomic E-state index is 0.197. The van der Waals surface area contributed by atoms with Crippen molar-refractivity contribution in [3.63, 3.8) is 0 Å². The normalized spacial score (nSPS) is 9.45. The summed E-state index contributed by atoms with van der Waals surface area (Å²) < 4.78 is 1.94. The number of allylic oxidation sites excluding steroid dienone is 1. The lowest BCUT2D eigenvalue weighted by atomic mass is 10.6. The first-order chi connectivity index (χ1) is 5.24. The molecule has 4 heteroatoms. The van der Waals surface area contributed by atoms with Crippen LogP contribution in [-0.2, 0) is 6.54 Å². The van der Waals surface area contributed by atoms with E-state index in [0.29, 0.717) is 11.2 Å². The lowest BCUT2D eigenvalue weighted by molar-refractivity contribution is 0.741. The quantitative estimate of drug-likeness (QED) is 0.530. The maximum atomic E-state index is 11.0. The van der Waals surface area contributed by atoms with Gasteiger partial charge in [-0.25, -0.2) is 4.79 Å². The highest BCUT2D eigenvalue weighted by atomic mass is 32.1. The summed E-state index contributed by atoms with van der Waals surface area (Å²) in [6.07, 6.45) is 3.29. The molecule has 0 bridgehead atoms. The van der Waals surface area contributed by atoms with E-state index >= 15 is 0 Å². The van der Waals surface area contributed by atoms with Crippen molar-refractivity contribution in [2.24, 2.45) is 0 Å². The summed E-state index contributed by atoms with van der Waals surface area (Å²) in [7, 11) is 0. The predicted molar refractivity (Wildman–Crippen MR) is 46.1 cm³/mol. The van der Waals surface area contributed by atoms with E-state index in [1.807, 2.05) is 0 Å². The third-order valence-electron chi connectivity index (χ3n) is 1.22. The zero-order valence-corrected chi connectivity index (χ0v) is 6.73. The Bertz CT molecular complexity index is 363. The molecule has 1 aromatic heterocycles. The Kier molecular flexibility index (Phi) is 2.38. The number of aromatic nitrogens is 2. The fourth-order valence-electron chi connectivity index (χ4n) is 0.727. The Morgan fingerprint density at radius 3 is 3.09 bits per heavy atom. The second-order valence-electron chi connectivity index (χ2n) is 2.05. The van der Waals surface area contributed by atoms with Crippen LogP contribution in [0.3, 0.4) is 0 Å². The first-order valence-corrected chi connectivity index (χ1v) is 3.55. The van der Waals surface area contributed by atoms with Gasteiger partial charge in [0.25, 0.3) is 0 Å². The largest absolute Gasteiger partial charge is 0.326 e. The molecule has 1 aromatic rings. The van der Waals surface area contributed by atoms with Crippen molar-refractivity contribution in [3.8, 4) is 0 Å². The molecule has 0 atom stereocenters. The monoisotopic (exact) mass is 168 g/mol. The van der Waals surface area contributed by atoms with Gasteiger partial charge in [-0.1, -0.05) is 18.3 Å². The molecular weight excluding hydrogens is 160 g/mol. The molecule has 1 heterocycles. The van der Waals surface area contributed by atoms with Gasteiger partial charge in [0.2, 0.25) is 0 Å². The van der Waals surface area contributed by atoms with Crippen LogP contribution >= 0.6 is 12.2 Å². The van der Waals surface area contributed by atoms with Crippen LogP contribution in [0, 0.1) is 4.64 Å². The van der Waals surface area contributed by atoms with E-state index in [4.69, 9.17) is 12.2 Å². The van der Waals surface area contributed by atoms with Crippen LogP contribution in [0.5, 0.6) is 0 Å². The number of aromatic amines is 1. The summed E-state index contributed by atoms with van der Waals surface area (Å²) in [4.78, 5) is 13.5. The maximum absolute atomic E-state index is 11.0. The van der Waals surface area contributed by atoms with Gasteiger partial charge in [0.1, 0.15) is 4.64 Å². The molecule has 0 aliphatic heterocycles. The second-order valence-corrected chi connectivity index (χ2v) is 2.49. The van der Waals surface area contributed by atoms with E-state index < -0.39 is 0 Å². The lowest BCUT2D eigenvalue weighted by Gasteiger charge is -1.97.